The number of benzene rings is 1. The highest BCUT2D eigenvalue weighted by molar-refractivity contribution is 5.69. The first-order chi connectivity index (χ1) is 9.84. The largest absolute Gasteiger partial charge is 0.444 e. The summed E-state index contributed by atoms with van der Waals surface area (Å²) in [5.74, 6) is 0. The van der Waals surface area contributed by atoms with E-state index in [2.05, 4.69) is 6.58 Å². The van der Waals surface area contributed by atoms with Gasteiger partial charge in [0.15, 0.2) is 0 Å². The summed E-state index contributed by atoms with van der Waals surface area (Å²) < 4.78 is 5.44. The Hall–Kier alpha value is -1.81. The van der Waals surface area contributed by atoms with Gasteiger partial charge in [0.1, 0.15) is 5.60 Å². The molecule has 2 rings (SSSR count). The normalized spacial score (nSPS) is 18.1. The maximum atomic E-state index is 12.3. The van der Waals surface area contributed by atoms with Crippen LogP contribution in [0.2, 0.25) is 0 Å². The first-order valence-electron chi connectivity index (χ1n) is 7.19. The van der Waals surface area contributed by atoms with Crippen LogP contribution in [0.25, 0.3) is 6.08 Å². The Morgan fingerprint density at radius 3 is 2.76 bits per heavy atom. The number of amides is 1. The summed E-state index contributed by atoms with van der Waals surface area (Å²) in [6, 6.07) is 5.85. The van der Waals surface area contributed by atoms with Crippen molar-refractivity contribution < 1.29 is 14.6 Å². The van der Waals surface area contributed by atoms with Crippen molar-refractivity contribution in [3.05, 3.63) is 41.5 Å². The molecule has 0 saturated heterocycles. The third-order valence-electron chi connectivity index (χ3n) is 3.54. The Bertz CT molecular complexity index is 545. The lowest BCUT2D eigenvalue weighted by atomic mass is 9.93. The van der Waals surface area contributed by atoms with Crippen molar-refractivity contribution in [1.29, 1.82) is 0 Å². The van der Waals surface area contributed by atoms with Gasteiger partial charge in [-0.2, -0.15) is 0 Å². The van der Waals surface area contributed by atoms with Crippen LogP contribution >= 0.6 is 0 Å². The molecule has 1 N–H and O–H groups in total. The van der Waals surface area contributed by atoms with Gasteiger partial charge in [-0.1, -0.05) is 24.8 Å². The van der Waals surface area contributed by atoms with Crippen molar-refractivity contribution in [3.8, 4) is 0 Å². The van der Waals surface area contributed by atoms with Crippen molar-refractivity contribution >= 4 is 12.2 Å². The van der Waals surface area contributed by atoms with Gasteiger partial charge in [-0.15, -0.1) is 0 Å². The van der Waals surface area contributed by atoms with Crippen molar-refractivity contribution in [2.45, 2.75) is 45.4 Å². The van der Waals surface area contributed by atoms with Crippen molar-refractivity contribution in [2.24, 2.45) is 0 Å². The fourth-order valence-electron chi connectivity index (χ4n) is 2.49. The second kappa shape index (κ2) is 5.90. The summed E-state index contributed by atoms with van der Waals surface area (Å²) in [6.07, 6.45) is 2.05. The van der Waals surface area contributed by atoms with Crippen LogP contribution in [-0.4, -0.2) is 34.3 Å². The quantitative estimate of drug-likeness (QED) is 0.910. The molecule has 0 aliphatic carbocycles. The summed E-state index contributed by atoms with van der Waals surface area (Å²) in [4.78, 5) is 13.9. The van der Waals surface area contributed by atoms with Gasteiger partial charge in [-0.25, -0.2) is 4.79 Å². The van der Waals surface area contributed by atoms with Gasteiger partial charge in [0.2, 0.25) is 0 Å². The highest BCUT2D eigenvalue weighted by Crippen LogP contribution is 2.26. The van der Waals surface area contributed by atoms with E-state index in [-0.39, 0.29) is 18.7 Å². The van der Waals surface area contributed by atoms with Gasteiger partial charge in [0, 0.05) is 6.54 Å². The van der Waals surface area contributed by atoms with E-state index in [0.29, 0.717) is 13.0 Å². The van der Waals surface area contributed by atoms with Gasteiger partial charge in [0.05, 0.1) is 12.6 Å². The molecule has 0 radical (unpaired) electrons. The van der Waals surface area contributed by atoms with Crippen LogP contribution in [0.5, 0.6) is 0 Å². The number of hydrogen-bond acceptors (Lipinski definition) is 3. The van der Waals surface area contributed by atoms with Gasteiger partial charge in [0.25, 0.3) is 0 Å². The Morgan fingerprint density at radius 1 is 1.48 bits per heavy atom. The molecule has 0 saturated carbocycles. The number of nitrogens with zero attached hydrogens (tertiary/aromatic N) is 1. The molecule has 0 spiro atoms. The lowest BCUT2D eigenvalue weighted by molar-refractivity contribution is 0.00462. The molecule has 1 aliphatic rings. The summed E-state index contributed by atoms with van der Waals surface area (Å²) in [5, 5.41) is 9.57. The highest BCUT2D eigenvalue weighted by Gasteiger charge is 2.32. The predicted molar refractivity (Wildman–Crippen MR) is 82.9 cm³/mol. The van der Waals surface area contributed by atoms with Gasteiger partial charge in [-0.05, 0) is 49.9 Å². The van der Waals surface area contributed by atoms with Crippen molar-refractivity contribution in [2.75, 3.05) is 6.61 Å². The number of ether oxygens (including phenoxy) is 1. The number of aliphatic hydroxyl groups excluding tert-OH is 1. The standard InChI is InChI=1S/C17H23NO3/c1-5-12-6-7-13-9-15(11-19)18(10-14(13)8-12)16(20)21-17(2,3)4/h5-8,15,19H,1,9-11H2,2-4H3/t15-/m0/s1. The molecule has 21 heavy (non-hydrogen) atoms. The Kier molecular flexibility index (Phi) is 4.37. The van der Waals surface area contributed by atoms with E-state index >= 15 is 0 Å². The van der Waals surface area contributed by atoms with Crippen molar-refractivity contribution in [1.82, 2.24) is 4.90 Å². The summed E-state index contributed by atoms with van der Waals surface area (Å²) >= 11 is 0. The molecule has 0 unspecified atom stereocenters. The first kappa shape index (κ1) is 15.6. The summed E-state index contributed by atoms with van der Waals surface area (Å²) in [6.45, 7) is 9.68. The SMILES string of the molecule is C=Cc1ccc2c(c1)CN(C(=O)OC(C)(C)C)[C@H](CO)C2. The minimum Gasteiger partial charge on any atom is -0.444 e. The van der Waals surface area contributed by atoms with Crippen LogP contribution in [0.3, 0.4) is 0 Å². The molecule has 1 atom stereocenters. The zero-order chi connectivity index (χ0) is 15.6. The van der Waals surface area contributed by atoms with E-state index in [1.54, 1.807) is 11.0 Å². The monoisotopic (exact) mass is 289 g/mol. The molecule has 114 valence electrons. The maximum absolute atomic E-state index is 12.3. The van der Waals surface area contributed by atoms with E-state index in [0.717, 1.165) is 11.1 Å². The van der Waals surface area contributed by atoms with Gasteiger partial charge < -0.3 is 9.84 Å². The first-order valence-corrected chi connectivity index (χ1v) is 7.19. The molecular formula is C17H23NO3. The Labute approximate surface area is 126 Å². The third-order valence-corrected chi connectivity index (χ3v) is 3.54. The van der Waals surface area contributed by atoms with Crippen LogP contribution in [0.1, 0.15) is 37.5 Å². The molecule has 1 heterocycles. The lowest BCUT2D eigenvalue weighted by Crippen LogP contribution is -2.48. The predicted octanol–water partition coefficient (Wildman–Crippen LogP) is 2.98. The highest BCUT2D eigenvalue weighted by atomic mass is 16.6. The maximum Gasteiger partial charge on any atom is 0.410 e. The molecule has 0 fully saturated rings. The Balaban J connectivity index is 2.25. The molecular weight excluding hydrogens is 266 g/mol. The Morgan fingerprint density at radius 2 is 2.19 bits per heavy atom. The van der Waals surface area contributed by atoms with Gasteiger partial charge >= 0.3 is 6.09 Å². The van der Waals surface area contributed by atoms with Gasteiger partial charge in [-0.3, -0.25) is 4.90 Å². The zero-order valence-corrected chi connectivity index (χ0v) is 12.9. The topological polar surface area (TPSA) is 49.8 Å². The zero-order valence-electron chi connectivity index (χ0n) is 12.9. The second-order valence-electron chi connectivity index (χ2n) is 6.38. The minimum absolute atomic E-state index is 0.0676. The van der Waals surface area contributed by atoms with Crippen LogP contribution in [0.15, 0.2) is 24.8 Å². The number of fused-ring (bicyclic) bond motifs is 1. The average molecular weight is 289 g/mol. The number of rotatable bonds is 2. The number of carbonyl (C=O) groups is 1. The molecule has 1 aliphatic heterocycles. The second-order valence-corrected chi connectivity index (χ2v) is 6.38. The van der Waals surface area contributed by atoms with Crippen LogP contribution in [-0.2, 0) is 17.7 Å². The fourth-order valence-corrected chi connectivity index (χ4v) is 2.49. The average Bonchev–Trinajstić information content (AvgIpc) is 2.43. The molecule has 1 amide bonds. The van der Waals surface area contributed by atoms with E-state index in [1.165, 1.54) is 5.56 Å². The van der Waals surface area contributed by atoms with Crippen LogP contribution in [0.4, 0.5) is 4.79 Å². The molecule has 0 bridgehead atoms. The summed E-state index contributed by atoms with van der Waals surface area (Å²) in [7, 11) is 0. The van der Waals surface area contributed by atoms with E-state index in [4.69, 9.17) is 4.74 Å². The minimum atomic E-state index is -0.541. The molecule has 0 aromatic heterocycles. The smallest absolute Gasteiger partial charge is 0.410 e. The fraction of sp³-hybridized carbons (Fsp3) is 0.471. The van der Waals surface area contributed by atoms with Crippen LogP contribution in [0, 0.1) is 0 Å². The number of hydrogen-bond donors (Lipinski definition) is 1. The lowest BCUT2D eigenvalue weighted by Gasteiger charge is -2.37. The van der Waals surface area contributed by atoms with E-state index in [9.17, 15) is 9.90 Å². The van der Waals surface area contributed by atoms with Crippen LogP contribution < -0.4 is 0 Å². The van der Waals surface area contributed by atoms with E-state index in [1.807, 2.05) is 39.0 Å². The van der Waals surface area contributed by atoms with E-state index < -0.39 is 5.60 Å². The number of aliphatic hydroxyl groups is 1. The van der Waals surface area contributed by atoms with Crippen molar-refractivity contribution in [3.63, 3.8) is 0 Å². The third kappa shape index (κ3) is 3.64. The summed E-state index contributed by atoms with van der Waals surface area (Å²) in [5.41, 5.74) is 2.74. The number of carbonyl (C=O) groups excluding carboxylic acids is 1. The molecule has 4 heteroatoms. The molecule has 1 aromatic rings. The molecule has 1 aromatic carbocycles. The molecule has 4 nitrogen and oxygen atoms in total.